The van der Waals surface area contributed by atoms with Crippen molar-refractivity contribution in [2.45, 2.75) is 39.7 Å². The first-order valence-corrected chi connectivity index (χ1v) is 8.77. The first kappa shape index (κ1) is 17.9. The third-order valence-electron chi connectivity index (χ3n) is 4.12. The van der Waals surface area contributed by atoms with Crippen molar-refractivity contribution in [3.05, 3.63) is 71.4 Å². The minimum absolute atomic E-state index is 0.141. The molecule has 0 saturated carbocycles. The molecule has 26 heavy (non-hydrogen) atoms. The number of aromatic nitrogens is 3. The highest BCUT2D eigenvalue weighted by molar-refractivity contribution is 5.56. The van der Waals surface area contributed by atoms with E-state index in [1.807, 2.05) is 6.07 Å². The molecule has 0 radical (unpaired) electrons. The molecule has 3 rings (SSSR count). The maximum Gasteiger partial charge on any atom is 0.244 e. The Morgan fingerprint density at radius 1 is 1.00 bits per heavy atom. The van der Waals surface area contributed by atoms with Gasteiger partial charge in [0.1, 0.15) is 0 Å². The van der Waals surface area contributed by atoms with E-state index in [-0.39, 0.29) is 5.41 Å². The van der Waals surface area contributed by atoms with E-state index >= 15 is 0 Å². The van der Waals surface area contributed by atoms with Gasteiger partial charge in [-0.25, -0.2) is 0 Å². The van der Waals surface area contributed by atoms with Gasteiger partial charge in [0.2, 0.25) is 5.95 Å². The van der Waals surface area contributed by atoms with Crippen LogP contribution in [0.2, 0.25) is 0 Å². The van der Waals surface area contributed by atoms with Crippen LogP contribution >= 0.6 is 0 Å². The molecule has 2 aromatic carbocycles. The summed E-state index contributed by atoms with van der Waals surface area (Å²) < 4.78 is 0. The van der Waals surface area contributed by atoms with Crippen LogP contribution < -0.4 is 10.6 Å². The molecule has 0 atom stereocenters. The third-order valence-corrected chi connectivity index (χ3v) is 4.12. The highest BCUT2D eigenvalue weighted by atomic mass is 15.3. The van der Waals surface area contributed by atoms with Crippen LogP contribution in [0.15, 0.2) is 54.7 Å². The molecule has 5 heteroatoms. The Hall–Kier alpha value is -2.95. The molecule has 1 aromatic heterocycles. The fourth-order valence-corrected chi connectivity index (χ4v) is 2.64. The summed E-state index contributed by atoms with van der Waals surface area (Å²) in [6.45, 7) is 9.35. The Balaban J connectivity index is 1.65. The minimum atomic E-state index is 0.141. The zero-order chi connectivity index (χ0) is 18.6. The molecule has 0 bridgehead atoms. The van der Waals surface area contributed by atoms with Crippen LogP contribution in [0, 0.1) is 6.92 Å². The normalized spacial score (nSPS) is 11.2. The Bertz CT molecular complexity index is 866. The van der Waals surface area contributed by atoms with E-state index in [1.54, 1.807) is 6.20 Å². The molecule has 2 N–H and O–H groups in total. The first-order valence-electron chi connectivity index (χ1n) is 8.77. The smallest absolute Gasteiger partial charge is 0.244 e. The third kappa shape index (κ3) is 4.79. The van der Waals surface area contributed by atoms with E-state index in [1.165, 1.54) is 16.7 Å². The van der Waals surface area contributed by atoms with Gasteiger partial charge in [-0.05, 0) is 35.6 Å². The van der Waals surface area contributed by atoms with Crippen molar-refractivity contribution in [3.63, 3.8) is 0 Å². The van der Waals surface area contributed by atoms with Crippen molar-refractivity contribution in [2.24, 2.45) is 0 Å². The van der Waals surface area contributed by atoms with Gasteiger partial charge in [0, 0.05) is 12.2 Å². The number of hydrogen-bond acceptors (Lipinski definition) is 5. The molecule has 5 nitrogen and oxygen atoms in total. The van der Waals surface area contributed by atoms with E-state index in [0.29, 0.717) is 18.3 Å². The summed E-state index contributed by atoms with van der Waals surface area (Å²) in [5.74, 6) is 1.16. The van der Waals surface area contributed by atoms with E-state index in [4.69, 9.17) is 0 Å². The monoisotopic (exact) mass is 347 g/mol. The summed E-state index contributed by atoms with van der Waals surface area (Å²) in [6.07, 6.45) is 1.62. The molecule has 0 unspecified atom stereocenters. The summed E-state index contributed by atoms with van der Waals surface area (Å²) in [7, 11) is 0. The molecule has 0 saturated heterocycles. The van der Waals surface area contributed by atoms with Crippen LogP contribution in [0.5, 0.6) is 0 Å². The molecule has 0 aliphatic carbocycles. The fraction of sp³-hybridized carbons (Fsp3) is 0.286. The predicted molar refractivity (Wildman–Crippen MR) is 107 cm³/mol. The first-order chi connectivity index (χ1) is 12.4. The minimum Gasteiger partial charge on any atom is -0.349 e. The highest BCUT2D eigenvalue weighted by Crippen LogP contribution is 2.24. The second-order valence-corrected chi connectivity index (χ2v) is 7.46. The Morgan fingerprint density at radius 2 is 1.77 bits per heavy atom. The van der Waals surface area contributed by atoms with Crippen LogP contribution in [0.25, 0.3) is 0 Å². The number of nitrogens with one attached hydrogen (secondary N) is 2. The largest absolute Gasteiger partial charge is 0.349 e. The molecule has 0 aliphatic rings. The van der Waals surface area contributed by atoms with Gasteiger partial charge < -0.3 is 10.6 Å². The van der Waals surface area contributed by atoms with Crippen molar-refractivity contribution in [1.82, 2.24) is 15.2 Å². The van der Waals surface area contributed by atoms with E-state index in [2.05, 4.69) is 96.0 Å². The fourth-order valence-electron chi connectivity index (χ4n) is 2.64. The van der Waals surface area contributed by atoms with Gasteiger partial charge >= 0.3 is 0 Å². The van der Waals surface area contributed by atoms with Crippen LogP contribution in [0.1, 0.15) is 37.5 Å². The summed E-state index contributed by atoms with van der Waals surface area (Å²) >= 11 is 0. The topological polar surface area (TPSA) is 62.7 Å². The molecule has 1 heterocycles. The molecule has 0 aliphatic heterocycles. The predicted octanol–water partition coefficient (Wildman–Crippen LogP) is 4.83. The van der Waals surface area contributed by atoms with Crippen molar-refractivity contribution in [1.29, 1.82) is 0 Å². The van der Waals surface area contributed by atoms with Gasteiger partial charge in [-0.15, -0.1) is 5.10 Å². The maximum atomic E-state index is 4.48. The summed E-state index contributed by atoms with van der Waals surface area (Å²) in [4.78, 5) is 4.48. The maximum absolute atomic E-state index is 4.48. The average Bonchev–Trinajstić information content (AvgIpc) is 2.60. The molecular weight excluding hydrogens is 322 g/mol. The standard InChI is InChI=1S/C21H25N5/c1-15-6-5-7-16(12-15)13-22-20-25-19(14-23-26-20)24-18-10-8-17(9-11-18)21(2,3)4/h5-12,14H,13H2,1-4H3,(H2,22,24,25,26). The number of nitrogens with zero attached hydrogens (tertiary/aromatic N) is 3. The molecule has 3 aromatic rings. The number of rotatable bonds is 5. The number of benzene rings is 2. The van der Waals surface area contributed by atoms with Crippen LogP contribution in [-0.4, -0.2) is 15.2 Å². The second kappa shape index (κ2) is 7.52. The molecular formula is C21H25N5. The molecule has 0 spiro atoms. The van der Waals surface area contributed by atoms with Gasteiger partial charge in [0.15, 0.2) is 5.82 Å². The van der Waals surface area contributed by atoms with E-state index in [0.717, 1.165) is 5.69 Å². The molecule has 134 valence electrons. The van der Waals surface area contributed by atoms with Gasteiger partial charge in [0.05, 0.1) is 6.20 Å². The Labute approximate surface area is 154 Å². The van der Waals surface area contributed by atoms with Gasteiger partial charge in [-0.3, -0.25) is 0 Å². The SMILES string of the molecule is Cc1cccc(CNc2nncc(Nc3ccc(C(C)(C)C)cc3)n2)c1. The second-order valence-electron chi connectivity index (χ2n) is 7.46. The summed E-state index contributed by atoms with van der Waals surface area (Å²) in [6, 6.07) is 16.7. The summed E-state index contributed by atoms with van der Waals surface area (Å²) in [5, 5.41) is 14.6. The lowest BCUT2D eigenvalue weighted by atomic mass is 9.87. The van der Waals surface area contributed by atoms with Crippen molar-refractivity contribution in [3.8, 4) is 0 Å². The molecule has 0 amide bonds. The van der Waals surface area contributed by atoms with Crippen molar-refractivity contribution < 1.29 is 0 Å². The Kier molecular flexibility index (Phi) is 5.16. The average molecular weight is 347 g/mol. The van der Waals surface area contributed by atoms with Gasteiger partial charge in [-0.2, -0.15) is 10.1 Å². The number of aryl methyl sites for hydroxylation is 1. The van der Waals surface area contributed by atoms with Crippen molar-refractivity contribution >= 4 is 17.5 Å². The van der Waals surface area contributed by atoms with Gasteiger partial charge in [0.25, 0.3) is 0 Å². The highest BCUT2D eigenvalue weighted by Gasteiger charge is 2.12. The van der Waals surface area contributed by atoms with E-state index in [9.17, 15) is 0 Å². The van der Waals surface area contributed by atoms with Crippen LogP contribution in [0.3, 0.4) is 0 Å². The quantitative estimate of drug-likeness (QED) is 0.692. The van der Waals surface area contributed by atoms with Crippen molar-refractivity contribution in [2.75, 3.05) is 10.6 Å². The zero-order valence-corrected chi connectivity index (χ0v) is 15.7. The van der Waals surface area contributed by atoms with Gasteiger partial charge in [-0.1, -0.05) is 62.7 Å². The Morgan fingerprint density at radius 3 is 2.46 bits per heavy atom. The van der Waals surface area contributed by atoms with E-state index < -0.39 is 0 Å². The lowest BCUT2D eigenvalue weighted by Crippen LogP contribution is -2.10. The lowest BCUT2D eigenvalue weighted by Gasteiger charge is -2.19. The summed E-state index contributed by atoms with van der Waals surface area (Å²) in [5.41, 5.74) is 4.83. The number of hydrogen-bond donors (Lipinski definition) is 2. The zero-order valence-electron chi connectivity index (χ0n) is 15.7. The molecule has 0 fully saturated rings. The lowest BCUT2D eigenvalue weighted by molar-refractivity contribution is 0.590. The number of anilines is 3. The van der Waals surface area contributed by atoms with Crippen LogP contribution in [0.4, 0.5) is 17.5 Å². The van der Waals surface area contributed by atoms with Crippen LogP contribution in [-0.2, 0) is 12.0 Å².